The predicted octanol–water partition coefficient (Wildman–Crippen LogP) is 2.45. The molecule has 0 aliphatic carbocycles. The Labute approximate surface area is 116 Å². The van der Waals surface area contributed by atoms with Gasteiger partial charge in [0.2, 0.25) is 0 Å². The number of halogens is 1. The Hall–Kier alpha value is -1.11. The van der Waals surface area contributed by atoms with Gasteiger partial charge in [-0.3, -0.25) is 4.18 Å². The maximum Gasteiger partial charge on any atom is 0.355 e. The molecule has 5 nitrogen and oxygen atoms in total. The summed E-state index contributed by atoms with van der Waals surface area (Å²) in [6.45, 7) is 3.42. The molecule has 1 rings (SSSR count). The molecule has 1 N–H and O–H groups in total. The van der Waals surface area contributed by atoms with Crippen LogP contribution in [0.3, 0.4) is 0 Å². The molecule has 0 fully saturated rings. The fraction of sp³-hybridized carbons (Fsp3) is 0.417. The van der Waals surface area contributed by atoms with Crippen LogP contribution in [0.2, 0.25) is 0 Å². The van der Waals surface area contributed by atoms with Gasteiger partial charge in [0.05, 0.1) is 12.2 Å². The third kappa shape index (κ3) is 5.59. The van der Waals surface area contributed by atoms with Gasteiger partial charge in [0.1, 0.15) is 0 Å². The summed E-state index contributed by atoms with van der Waals surface area (Å²) in [4.78, 5) is 11.1. The normalized spacial score (nSPS) is 12.4. The molecule has 0 aliphatic rings. The van der Waals surface area contributed by atoms with Gasteiger partial charge in [0, 0.05) is 10.7 Å². The molecule has 0 saturated heterocycles. The molecule has 0 unspecified atom stereocenters. The molecule has 0 atom stereocenters. The first kappa shape index (κ1) is 15.9. The van der Waals surface area contributed by atoms with Gasteiger partial charge in [-0.1, -0.05) is 32.0 Å². The Morgan fingerprint density at radius 3 is 2.47 bits per heavy atom. The van der Waals surface area contributed by atoms with Crippen molar-refractivity contribution < 1.29 is 22.5 Å². The Kier molecular flexibility index (Phi) is 4.95. The molecule has 1 aromatic rings. The second kappa shape index (κ2) is 5.90. The smallest absolute Gasteiger partial charge is 0.355 e. The first-order chi connectivity index (χ1) is 8.61. The van der Waals surface area contributed by atoms with Crippen LogP contribution in [0, 0.1) is 5.41 Å². The number of hydrogen-bond acceptors (Lipinski definition) is 4. The first-order valence-corrected chi connectivity index (χ1v) is 7.74. The molecular formula is C12H15ClO5S. The summed E-state index contributed by atoms with van der Waals surface area (Å²) in [6.07, 6.45) is 0.363. The van der Waals surface area contributed by atoms with E-state index in [4.69, 9.17) is 15.8 Å². The quantitative estimate of drug-likeness (QED) is 0.816. The molecule has 7 heteroatoms. The first-order valence-electron chi connectivity index (χ1n) is 5.51. The number of benzene rings is 1. The Bertz CT molecular complexity index is 565. The summed E-state index contributed by atoms with van der Waals surface area (Å²) in [7, 11) is 0.960. The van der Waals surface area contributed by atoms with E-state index in [2.05, 4.69) is 4.18 Å². The molecule has 19 heavy (non-hydrogen) atoms. The zero-order valence-electron chi connectivity index (χ0n) is 10.6. The lowest BCUT2D eigenvalue weighted by Crippen LogP contribution is -2.24. The molecule has 0 aliphatic heterocycles. The third-order valence-corrected chi connectivity index (χ3v) is 3.17. The van der Waals surface area contributed by atoms with E-state index < -0.39 is 20.7 Å². The number of carbonyl (C=O) groups is 1. The van der Waals surface area contributed by atoms with Gasteiger partial charge < -0.3 is 5.11 Å². The average molecular weight is 307 g/mol. The van der Waals surface area contributed by atoms with Crippen molar-refractivity contribution in [2.75, 3.05) is 6.61 Å². The average Bonchev–Trinajstić information content (AvgIpc) is 2.26. The van der Waals surface area contributed by atoms with Crippen molar-refractivity contribution in [3.05, 3.63) is 35.4 Å². The summed E-state index contributed by atoms with van der Waals surface area (Å²) in [5.41, 5.74) is 0.257. The number of carboxylic acid groups (broad SMARTS) is 1. The molecule has 0 saturated carbocycles. The minimum absolute atomic E-state index is 0.118. The van der Waals surface area contributed by atoms with E-state index in [0.717, 1.165) is 0 Å². The highest BCUT2D eigenvalue weighted by Crippen LogP contribution is 2.25. The van der Waals surface area contributed by atoms with Crippen LogP contribution in [0.25, 0.3) is 0 Å². The Morgan fingerprint density at radius 2 is 1.95 bits per heavy atom. The number of carboxylic acids is 1. The molecule has 0 amide bonds. The lowest BCUT2D eigenvalue weighted by Gasteiger charge is -2.24. The van der Waals surface area contributed by atoms with Crippen molar-refractivity contribution in [3.8, 4) is 0 Å². The number of aromatic carboxylic acids is 1. The van der Waals surface area contributed by atoms with Crippen LogP contribution >= 0.6 is 10.7 Å². The number of rotatable bonds is 6. The van der Waals surface area contributed by atoms with E-state index in [1.54, 1.807) is 32.0 Å². The third-order valence-electron chi connectivity index (χ3n) is 2.51. The SMILES string of the molecule is CC(C)(COS(=O)(=O)Cl)Cc1ccccc1C(=O)O. The highest BCUT2D eigenvalue weighted by Gasteiger charge is 2.24. The Morgan fingerprint density at radius 1 is 1.37 bits per heavy atom. The van der Waals surface area contributed by atoms with Gasteiger partial charge in [-0.15, -0.1) is 0 Å². The Balaban J connectivity index is 2.86. The van der Waals surface area contributed by atoms with Crippen molar-refractivity contribution in [2.45, 2.75) is 20.3 Å². The lowest BCUT2D eigenvalue weighted by molar-refractivity contribution is 0.0694. The van der Waals surface area contributed by atoms with E-state index in [-0.39, 0.29) is 12.2 Å². The zero-order valence-corrected chi connectivity index (χ0v) is 12.2. The van der Waals surface area contributed by atoms with Gasteiger partial charge in [0.25, 0.3) is 0 Å². The van der Waals surface area contributed by atoms with E-state index in [1.807, 2.05) is 0 Å². The fourth-order valence-corrected chi connectivity index (χ4v) is 2.27. The van der Waals surface area contributed by atoms with Crippen LogP contribution in [0.15, 0.2) is 24.3 Å². The van der Waals surface area contributed by atoms with E-state index in [0.29, 0.717) is 12.0 Å². The lowest BCUT2D eigenvalue weighted by atomic mass is 9.85. The van der Waals surface area contributed by atoms with Gasteiger partial charge in [-0.2, -0.15) is 8.42 Å². The van der Waals surface area contributed by atoms with Crippen molar-refractivity contribution >= 4 is 26.0 Å². The van der Waals surface area contributed by atoms with Crippen LogP contribution in [0.5, 0.6) is 0 Å². The largest absolute Gasteiger partial charge is 0.478 e. The van der Waals surface area contributed by atoms with Gasteiger partial charge in [-0.05, 0) is 23.5 Å². The molecule has 0 spiro atoms. The monoisotopic (exact) mass is 306 g/mol. The standard InChI is InChI=1S/C12H15ClO5S/c1-12(2,8-18-19(13,16)17)7-9-5-3-4-6-10(9)11(14)15/h3-6H,7-8H2,1-2H3,(H,14,15). The second-order valence-corrected chi connectivity index (χ2v) is 7.11. The second-order valence-electron chi connectivity index (χ2n) is 4.96. The van der Waals surface area contributed by atoms with Crippen LogP contribution < -0.4 is 0 Å². The van der Waals surface area contributed by atoms with Crippen LogP contribution in [0.1, 0.15) is 29.8 Å². The summed E-state index contributed by atoms with van der Waals surface area (Å²) >= 11 is 0. The summed E-state index contributed by atoms with van der Waals surface area (Å²) in [5, 5.41) is 9.07. The minimum Gasteiger partial charge on any atom is -0.478 e. The highest BCUT2D eigenvalue weighted by atomic mass is 35.7. The molecule has 1 aromatic carbocycles. The number of hydrogen-bond donors (Lipinski definition) is 1. The minimum atomic E-state index is -4.02. The molecule has 0 radical (unpaired) electrons. The van der Waals surface area contributed by atoms with Crippen molar-refractivity contribution in [1.82, 2.24) is 0 Å². The van der Waals surface area contributed by atoms with E-state index in [9.17, 15) is 13.2 Å². The molecule has 0 aromatic heterocycles. The molecule has 0 bridgehead atoms. The van der Waals surface area contributed by atoms with Gasteiger partial charge in [-0.25, -0.2) is 4.79 Å². The van der Waals surface area contributed by atoms with E-state index >= 15 is 0 Å². The maximum atomic E-state index is 11.1. The van der Waals surface area contributed by atoms with Gasteiger partial charge >= 0.3 is 15.3 Å². The van der Waals surface area contributed by atoms with Crippen molar-refractivity contribution in [2.24, 2.45) is 5.41 Å². The van der Waals surface area contributed by atoms with E-state index in [1.165, 1.54) is 6.07 Å². The summed E-state index contributed by atoms with van der Waals surface area (Å²) in [5.74, 6) is -1.02. The van der Waals surface area contributed by atoms with Crippen molar-refractivity contribution in [1.29, 1.82) is 0 Å². The van der Waals surface area contributed by atoms with Crippen LogP contribution in [-0.2, 0) is 19.9 Å². The predicted molar refractivity (Wildman–Crippen MR) is 71.6 cm³/mol. The van der Waals surface area contributed by atoms with Gasteiger partial charge in [0.15, 0.2) is 0 Å². The maximum absolute atomic E-state index is 11.1. The van der Waals surface area contributed by atoms with Crippen LogP contribution in [0.4, 0.5) is 0 Å². The van der Waals surface area contributed by atoms with Crippen molar-refractivity contribution in [3.63, 3.8) is 0 Å². The van der Waals surface area contributed by atoms with Crippen LogP contribution in [-0.4, -0.2) is 26.1 Å². The summed E-state index contributed by atoms with van der Waals surface area (Å²) in [6, 6.07) is 6.57. The molecule has 106 valence electrons. The molecule has 0 heterocycles. The topological polar surface area (TPSA) is 80.7 Å². The zero-order chi connectivity index (χ0) is 14.7. The molecular weight excluding hydrogens is 292 g/mol. The fourth-order valence-electron chi connectivity index (χ4n) is 1.68. The highest BCUT2D eigenvalue weighted by molar-refractivity contribution is 8.09. The summed E-state index contributed by atoms with van der Waals surface area (Å²) < 4.78 is 26.1.